The Morgan fingerprint density at radius 3 is 2.38 bits per heavy atom. The van der Waals surface area contributed by atoms with Crippen molar-refractivity contribution in [2.75, 3.05) is 0 Å². The van der Waals surface area contributed by atoms with Gasteiger partial charge in [0.1, 0.15) is 0 Å². The second kappa shape index (κ2) is 3.22. The summed E-state index contributed by atoms with van der Waals surface area (Å²) in [5, 5.41) is 8.82. The highest BCUT2D eigenvalue weighted by atomic mass is 14.4. The van der Waals surface area contributed by atoms with E-state index < -0.39 is 0 Å². The van der Waals surface area contributed by atoms with Crippen molar-refractivity contribution in [1.29, 1.82) is 5.26 Å². The predicted molar refractivity (Wildman–Crippen MR) is 52.3 cm³/mol. The molecule has 1 aliphatic carbocycles. The fourth-order valence-electron chi connectivity index (χ4n) is 1.87. The molecule has 0 saturated heterocycles. The zero-order valence-electron chi connectivity index (χ0n) is 7.83. The highest BCUT2D eigenvalue weighted by Gasteiger charge is 2.31. The van der Waals surface area contributed by atoms with Gasteiger partial charge in [-0.05, 0) is 31.2 Å². The molecule has 1 heteroatoms. The molecule has 0 bridgehead atoms. The molecule has 1 saturated carbocycles. The molecule has 2 atom stereocenters. The van der Waals surface area contributed by atoms with Crippen molar-refractivity contribution < 1.29 is 0 Å². The molecule has 1 aromatic rings. The molecule has 0 heterocycles. The summed E-state index contributed by atoms with van der Waals surface area (Å²) in [6.45, 7) is 2.09. The topological polar surface area (TPSA) is 23.8 Å². The molecule has 13 heavy (non-hydrogen) atoms. The van der Waals surface area contributed by atoms with Crippen LogP contribution in [0.1, 0.15) is 29.9 Å². The molecule has 2 rings (SSSR count). The Hall–Kier alpha value is -1.29. The van der Waals surface area contributed by atoms with E-state index in [0.29, 0.717) is 5.92 Å². The molecule has 0 amide bonds. The summed E-state index contributed by atoms with van der Waals surface area (Å²) in [4.78, 5) is 0. The van der Waals surface area contributed by atoms with Crippen LogP contribution < -0.4 is 0 Å². The molecule has 0 radical (unpaired) electrons. The van der Waals surface area contributed by atoms with Gasteiger partial charge in [-0.15, -0.1) is 0 Å². The first kappa shape index (κ1) is 8.31. The van der Waals surface area contributed by atoms with Gasteiger partial charge in [0.2, 0.25) is 0 Å². The Morgan fingerprint density at radius 2 is 1.92 bits per heavy atom. The highest BCUT2D eigenvalue weighted by Crippen LogP contribution is 2.41. The fourth-order valence-corrected chi connectivity index (χ4v) is 1.87. The number of hydrogen-bond donors (Lipinski definition) is 0. The first-order valence-corrected chi connectivity index (χ1v) is 4.77. The van der Waals surface area contributed by atoms with Gasteiger partial charge in [0.25, 0.3) is 0 Å². The standard InChI is InChI=1S/C12H13N/c1-9-2-4-10(5-3-9)12-7-6-11(12)8-13/h2-5,11-12H,6-7H2,1H3. The average Bonchev–Trinajstić information content (AvgIpc) is 2.08. The molecule has 1 nitrogen and oxygen atoms in total. The van der Waals surface area contributed by atoms with Crippen molar-refractivity contribution in [1.82, 2.24) is 0 Å². The van der Waals surface area contributed by atoms with E-state index in [0.717, 1.165) is 6.42 Å². The maximum atomic E-state index is 8.82. The SMILES string of the molecule is Cc1ccc(C2CCC2C#N)cc1. The molecule has 0 aliphatic heterocycles. The number of aryl methyl sites for hydroxylation is 1. The lowest BCUT2D eigenvalue weighted by Gasteiger charge is -2.31. The molecule has 1 aromatic carbocycles. The van der Waals surface area contributed by atoms with E-state index in [1.165, 1.54) is 17.5 Å². The van der Waals surface area contributed by atoms with Gasteiger partial charge in [-0.3, -0.25) is 0 Å². The van der Waals surface area contributed by atoms with Gasteiger partial charge in [0.15, 0.2) is 0 Å². The van der Waals surface area contributed by atoms with Crippen molar-refractivity contribution in [3.63, 3.8) is 0 Å². The number of rotatable bonds is 1. The monoisotopic (exact) mass is 171 g/mol. The number of nitrogens with zero attached hydrogens (tertiary/aromatic N) is 1. The van der Waals surface area contributed by atoms with Gasteiger partial charge < -0.3 is 0 Å². The Kier molecular flexibility index (Phi) is 2.06. The van der Waals surface area contributed by atoms with Crippen LogP contribution in [0.5, 0.6) is 0 Å². The second-order valence-corrected chi connectivity index (χ2v) is 3.83. The molecule has 0 aromatic heterocycles. The predicted octanol–water partition coefficient (Wildman–Crippen LogP) is 3.01. The highest BCUT2D eigenvalue weighted by molar-refractivity contribution is 5.28. The minimum atomic E-state index is 0.266. The maximum Gasteiger partial charge on any atom is 0.0662 e. The summed E-state index contributed by atoms with van der Waals surface area (Å²) < 4.78 is 0. The van der Waals surface area contributed by atoms with Gasteiger partial charge in [-0.25, -0.2) is 0 Å². The summed E-state index contributed by atoms with van der Waals surface area (Å²) in [6, 6.07) is 10.9. The van der Waals surface area contributed by atoms with Crippen LogP contribution in [-0.4, -0.2) is 0 Å². The quantitative estimate of drug-likeness (QED) is 0.637. The van der Waals surface area contributed by atoms with E-state index in [9.17, 15) is 0 Å². The summed E-state index contributed by atoms with van der Waals surface area (Å²) in [6.07, 6.45) is 2.26. The first-order chi connectivity index (χ1) is 6.31. The summed E-state index contributed by atoms with van der Waals surface area (Å²) in [5.74, 6) is 0.772. The third-order valence-electron chi connectivity index (χ3n) is 2.95. The molecule has 2 unspecified atom stereocenters. The van der Waals surface area contributed by atoms with Crippen LogP contribution >= 0.6 is 0 Å². The lowest BCUT2D eigenvalue weighted by Crippen LogP contribution is -2.21. The summed E-state index contributed by atoms with van der Waals surface area (Å²) in [7, 11) is 0. The molecular weight excluding hydrogens is 158 g/mol. The van der Waals surface area contributed by atoms with E-state index in [2.05, 4.69) is 37.3 Å². The van der Waals surface area contributed by atoms with Gasteiger partial charge >= 0.3 is 0 Å². The van der Waals surface area contributed by atoms with Crippen molar-refractivity contribution >= 4 is 0 Å². The van der Waals surface area contributed by atoms with Crippen LogP contribution in [0.15, 0.2) is 24.3 Å². The van der Waals surface area contributed by atoms with Crippen LogP contribution in [0.4, 0.5) is 0 Å². The molecule has 1 fully saturated rings. The van der Waals surface area contributed by atoms with Crippen molar-refractivity contribution in [3.05, 3.63) is 35.4 Å². The van der Waals surface area contributed by atoms with Crippen molar-refractivity contribution in [2.24, 2.45) is 5.92 Å². The zero-order chi connectivity index (χ0) is 9.26. The minimum absolute atomic E-state index is 0.266. The summed E-state index contributed by atoms with van der Waals surface area (Å²) in [5.41, 5.74) is 2.62. The maximum absolute atomic E-state index is 8.82. The molecule has 0 N–H and O–H groups in total. The normalized spacial score (nSPS) is 26.2. The smallest absolute Gasteiger partial charge is 0.0662 e. The number of benzene rings is 1. The third-order valence-corrected chi connectivity index (χ3v) is 2.95. The van der Waals surface area contributed by atoms with Crippen LogP contribution in [0.25, 0.3) is 0 Å². The van der Waals surface area contributed by atoms with E-state index in [4.69, 9.17) is 5.26 Å². The van der Waals surface area contributed by atoms with Crippen LogP contribution in [0.3, 0.4) is 0 Å². The van der Waals surface area contributed by atoms with Gasteiger partial charge in [0, 0.05) is 0 Å². The van der Waals surface area contributed by atoms with Crippen LogP contribution in [0.2, 0.25) is 0 Å². The van der Waals surface area contributed by atoms with Crippen molar-refractivity contribution in [3.8, 4) is 6.07 Å². The zero-order valence-corrected chi connectivity index (χ0v) is 7.83. The van der Waals surface area contributed by atoms with Crippen molar-refractivity contribution in [2.45, 2.75) is 25.7 Å². The van der Waals surface area contributed by atoms with Gasteiger partial charge in [-0.2, -0.15) is 5.26 Å². The Balaban J connectivity index is 2.18. The second-order valence-electron chi connectivity index (χ2n) is 3.83. The van der Waals surface area contributed by atoms with E-state index >= 15 is 0 Å². The molecule has 0 spiro atoms. The van der Waals surface area contributed by atoms with Crippen LogP contribution in [-0.2, 0) is 0 Å². The van der Waals surface area contributed by atoms with E-state index in [1.54, 1.807) is 0 Å². The first-order valence-electron chi connectivity index (χ1n) is 4.77. The molecular formula is C12H13N. The third kappa shape index (κ3) is 1.45. The molecule has 66 valence electrons. The Morgan fingerprint density at radius 1 is 1.23 bits per heavy atom. The summed E-state index contributed by atoms with van der Waals surface area (Å²) >= 11 is 0. The van der Waals surface area contributed by atoms with Gasteiger partial charge in [0.05, 0.1) is 12.0 Å². The average molecular weight is 171 g/mol. The lowest BCUT2D eigenvalue weighted by atomic mass is 9.71. The largest absolute Gasteiger partial charge is 0.198 e. The van der Waals surface area contributed by atoms with E-state index in [-0.39, 0.29) is 5.92 Å². The fraction of sp³-hybridized carbons (Fsp3) is 0.417. The Bertz CT molecular complexity index is 331. The molecule has 1 aliphatic rings. The number of nitriles is 1. The van der Waals surface area contributed by atoms with E-state index in [1.807, 2.05) is 0 Å². The number of hydrogen-bond acceptors (Lipinski definition) is 1. The van der Waals surface area contributed by atoms with Gasteiger partial charge in [-0.1, -0.05) is 29.8 Å². The lowest BCUT2D eigenvalue weighted by molar-refractivity contribution is 0.325. The van der Waals surface area contributed by atoms with Crippen LogP contribution in [0, 0.1) is 24.2 Å². The Labute approximate surface area is 79.0 Å². The minimum Gasteiger partial charge on any atom is -0.198 e.